The second-order valence-corrected chi connectivity index (χ2v) is 5.75. The first-order valence-electron chi connectivity index (χ1n) is 8.97. The molecular weight excluding hydrogens is 344 g/mol. The van der Waals surface area contributed by atoms with Crippen LogP contribution < -0.4 is 18.9 Å². The minimum atomic E-state index is -0.125. The third kappa shape index (κ3) is 5.51. The third-order valence-electron chi connectivity index (χ3n) is 3.82. The summed E-state index contributed by atoms with van der Waals surface area (Å²) in [6.07, 6.45) is 4.21. The normalized spacial score (nSPS) is 10.7. The highest BCUT2D eigenvalue weighted by Gasteiger charge is 2.09. The van der Waals surface area contributed by atoms with Crippen LogP contribution in [0.1, 0.15) is 36.2 Å². The Balaban J connectivity index is 2.19. The number of carbonyl (C=O) groups excluding carboxylic acids is 1. The molecule has 2 aromatic carbocycles. The Morgan fingerprint density at radius 3 is 2.30 bits per heavy atom. The Bertz CT molecular complexity index is 795. The smallest absolute Gasteiger partial charge is 0.185 e. The quantitative estimate of drug-likeness (QED) is 0.445. The summed E-state index contributed by atoms with van der Waals surface area (Å²) < 4.78 is 21.8. The zero-order valence-electron chi connectivity index (χ0n) is 16.3. The summed E-state index contributed by atoms with van der Waals surface area (Å²) in [4.78, 5) is 12.5. The number of carbonyl (C=O) groups is 1. The minimum absolute atomic E-state index is 0.125. The Kier molecular flexibility index (Phi) is 7.74. The average Bonchev–Trinajstić information content (AvgIpc) is 2.70. The Morgan fingerprint density at radius 2 is 1.63 bits per heavy atom. The topological polar surface area (TPSA) is 54.0 Å². The van der Waals surface area contributed by atoms with E-state index in [0.717, 1.165) is 12.0 Å². The van der Waals surface area contributed by atoms with Crippen LogP contribution in [0, 0.1) is 0 Å². The summed E-state index contributed by atoms with van der Waals surface area (Å²) in [5, 5.41) is 0. The third-order valence-corrected chi connectivity index (χ3v) is 3.82. The molecule has 0 atom stereocenters. The van der Waals surface area contributed by atoms with Gasteiger partial charge in [-0.2, -0.15) is 0 Å². The van der Waals surface area contributed by atoms with Crippen LogP contribution in [0.2, 0.25) is 0 Å². The van der Waals surface area contributed by atoms with Gasteiger partial charge >= 0.3 is 0 Å². The van der Waals surface area contributed by atoms with Gasteiger partial charge in [-0.1, -0.05) is 19.1 Å². The minimum Gasteiger partial charge on any atom is -0.493 e. The van der Waals surface area contributed by atoms with Crippen LogP contribution in [0.4, 0.5) is 0 Å². The summed E-state index contributed by atoms with van der Waals surface area (Å²) in [7, 11) is 3.10. The van der Waals surface area contributed by atoms with E-state index in [1.165, 1.54) is 6.08 Å². The molecule has 27 heavy (non-hydrogen) atoms. The molecule has 0 saturated carbocycles. The van der Waals surface area contributed by atoms with Gasteiger partial charge in [0.05, 0.1) is 27.4 Å². The predicted molar refractivity (Wildman–Crippen MR) is 106 cm³/mol. The molecule has 0 aromatic heterocycles. The summed E-state index contributed by atoms with van der Waals surface area (Å²) in [5.74, 6) is 2.36. The van der Waals surface area contributed by atoms with Crippen molar-refractivity contribution in [1.29, 1.82) is 0 Å². The lowest BCUT2D eigenvalue weighted by molar-refractivity contribution is 0.104. The first kappa shape index (κ1) is 20.4. The highest BCUT2D eigenvalue weighted by atomic mass is 16.5. The van der Waals surface area contributed by atoms with Gasteiger partial charge in [-0.25, -0.2) is 0 Å². The van der Waals surface area contributed by atoms with Crippen LogP contribution in [0.15, 0.2) is 42.5 Å². The van der Waals surface area contributed by atoms with E-state index < -0.39 is 0 Å². The van der Waals surface area contributed by atoms with Crippen LogP contribution in [0.5, 0.6) is 23.0 Å². The predicted octanol–water partition coefficient (Wildman–Crippen LogP) is 4.79. The standard InChI is InChI=1S/C22H26O5/c1-5-13-27-20-11-8-16(14-22(20)26-6-2)7-10-18(23)17-9-12-19(24-3)21(15-17)25-4/h7-12,14-15H,5-6,13H2,1-4H3. The van der Waals surface area contributed by atoms with E-state index in [4.69, 9.17) is 18.9 Å². The average molecular weight is 370 g/mol. The van der Waals surface area contributed by atoms with Gasteiger partial charge in [0, 0.05) is 5.56 Å². The molecule has 0 aliphatic carbocycles. The van der Waals surface area contributed by atoms with Gasteiger partial charge in [-0.15, -0.1) is 0 Å². The highest BCUT2D eigenvalue weighted by molar-refractivity contribution is 6.07. The molecule has 0 aliphatic heterocycles. The molecule has 0 aliphatic rings. The van der Waals surface area contributed by atoms with Crippen molar-refractivity contribution in [3.63, 3.8) is 0 Å². The molecule has 144 valence electrons. The summed E-state index contributed by atoms with van der Waals surface area (Å²) >= 11 is 0. The van der Waals surface area contributed by atoms with E-state index in [2.05, 4.69) is 6.92 Å². The molecule has 0 N–H and O–H groups in total. The van der Waals surface area contributed by atoms with Crippen molar-refractivity contribution in [2.24, 2.45) is 0 Å². The molecule has 0 spiro atoms. The Labute approximate surface area is 160 Å². The number of hydrogen-bond acceptors (Lipinski definition) is 5. The van der Waals surface area contributed by atoms with Crippen molar-refractivity contribution >= 4 is 11.9 Å². The number of methoxy groups -OCH3 is 2. The van der Waals surface area contributed by atoms with E-state index in [1.54, 1.807) is 38.5 Å². The number of allylic oxidation sites excluding steroid dienone is 1. The zero-order valence-corrected chi connectivity index (χ0v) is 16.3. The van der Waals surface area contributed by atoms with Crippen LogP contribution in [-0.4, -0.2) is 33.2 Å². The van der Waals surface area contributed by atoms with E-state index in [1.807, 2.05) is 25.1 Å². The maximum atomic E-state index is 12.5. The van der Waals surface area contributed by atoms with Gasteiger partial charge in [0.2, 0.25) is 0 Å². The second kappa shape index (κ2) is 10.3. The second-order valence-electron chi connectivity index (χ2n) is 5.75. The summed E-state index contributed by atoms with van der Waals surface area (Å²) in [5.41, 5.74) is 1.38. The molecule has 2 rings (SSSR count). The van der Waals surface area contributed by atoms with Gasteiger partial charge in [0.25, 0.3) is 0 Å². The molecule has 0 heterocycles. The fraction of sp³-hybridized carbons (Fsp3) is 0.318. The number of rotatable bonds is 10. The van der Waals surface area contributed by atoms with E-state index in [-0.39, 0.29) is 5.78 Å². The van der Waals surface area contributed by atoms with Crippen molar-refractivity contribution < 1.29 is 23.7 Å². The van der Waals surface area contributed by atoms with Crippen molar-refractivity contribution in [2.75, 3.05) is 27.4 Å². The molecule has 0 radical (unpaired) electrons. The fourth-order valence-electron chi connectivity index (χ4n) is 2.49. The lowest BCUT2D eigenvalue weighted by atomic mass is 10.1. The Morgan fingerprint density at radius 1 is 0.889 bits per heavy atom. The monoisotopic (exact) mass is 370 g/mol. The van der Waals surface area contributed by atoms with E-state index >= 15 is 0 Å². The van der Waals surface area contributed by atoms with Crippen LogP contribution >= 0.6 is 0 Å². The molecule has 5 heteroatoms. The maximum Gasteiger partial charge on any atom is 0.185 e. The molecular formula is C22H26O5. The highest BCUT2D eigenvalue weighted by Crippen LogP contribution is 2.30. The van der Waals surface area contributed by atoms with Crippen molar-refractivity contribution in [1.82, 2.24) is 0 Å². The zero-order chi connectivity index (χ0) is 19.6. The summed E-state index contributed by atoms with van der Waals surface area (Å²) in [6, 6.07) is 10.7. The van der Waals surface area contributed by atoms with Crippen LogP contribution in [0.25, 0.3) is 6.08 Å². The van der Waals surface area contributed by atoms with Crippen molar-refractivity contribution in [2.45, 2.75) is 20.3 Å². The molecule has 0 amide bonds. The molecule has 0 saturated heterocycles. The SMILES string of the molecule is CCCOc1ccc(C=CC(=O)c2ccc(OC)c(OC)c2)cc1OCC. The molecule has 0 unspecified atom stereocenters. The van der Waals surface area contributed by atoms with Crippen LogP contribution in [-0.2, 0) is 0 Å². The Hall–Kier alpha value is -2.95. The van der Waals surface area contributed by atoms with E-state index in [0.29, 0.717) is 41.8 Å². The fourth-order valence-corrected chi connectivity index (χ4v) is 2.49. The van der Waals surface area contributed by atoms with Crippen LogP contribution in [0.3, 0.4) is 0 Å². The van der Waals surface area contributed by atoms with Gasteiger partial charge in [0.1, 0.15) is 0 Å². The van der Waals surface area contributed by atoms with Gasteiger partial charge in [-0.3, -0.25) is 4.79 Å². The number of benzene rings is 2. The molecule has 5 nitrogen and oxygen atoms in total. The van der Waals surface area contributed by atoms with Crippen molar-refractivity contribution in [3.8, 4) is 23.0 Å². The number of hydrogen-bond donors (Lipinski definition) is 0. The van der Waals surface area contributed by atoms with Gasteiger partial charge in [-0.05, 0) is 55.3 Å². The van der Waals surface area contributed by atoms with Gasteiger partial charge < -0.3 is 18.9 Å². The summed E-state index contributed by atoms with van der Waals surface area (Å²) in [6.45, 7) is 5.15. The number of ether oxygens (including phenoxy) is 4. The van der Waals surface area contributed by atoms with E-state index in [9.17, 15) is 4.79 Å². The molecule has 0 fully saturated rings. The molecule has 0 bridgehead atoms. The lowest BCUT2D eigenvalue weighted by Gasteiger charge is -2.12. The first-order valence-corrected chi connectivity index (χ1v) is 8.97. The van der Waals surface area contributed by atoms with Crippen molar-refractivity contribution in [3.05, 3.63) is 53.6 Å². The van der Waals surface area contributed by atoms with Gasteiger partial charge in [0.15, 0.2) is 28.8 Å². The lowest BCUT2D eigenvalue weighted by Crippen LogP contribution is -2.00. The largest absolute Gasteiger partial charge is 0.493 e. The number of ketones is 1. The first-order chi connectivity index (χ1) is 13.1. The molecule has 2 aromatic rings. The maximum absolute atomic E-state index is 12.5.